The van der Waals surface area contributed by atoms with E-state index < -0.39 is 5.60 Å². The van der Waals surface area contributed by atoms with Crippen molar-refractivity contribution in [3.8, 4) is 5.75 Å². The van der Waals surface area contributed by atoms with Crippen molar-refractivity contribution in [2.75, 3.05) is 19.6 Å². The Morgan fingerprint density at radius 2 is 1.42 bits per heavy atom. The first-order valence-electron chi connectivity index (χ1n) is 13.1. The van der Waals surface area contributed by atoms with E-state index in [0.717, 1.165) is 55.6 Å². The van der Waals surface area contributed by atoms with Gasteiger partial charge in [-0.3, -0.25) is 4.79 Å². The zero-order chi connectivity index (χ0) is 25.8. The molecule has 0 aliphatic carbocycles. The summed E-state index contributed by atoms with van der Waals surface area (Å²) in [5.41, 5.74) is 2.23. The molecule has 1 heterocycles. The molecule has 0 bridgehead atoms. The number of hydrogen-bond acceptors (Lipinski definition) is 4. The predicted octanol–water partition coefficient (Wildman–Crippen LogP) is 6.30. The fraction of sp³-hybridized carbons (Fsp3) is 0.406. The lowest BCUT2D eigenvalue weighted by Crippen LogP contribution is -2.44. The minimum atomic E-state index is -1.01. The third-order valence-electron chi connectivity index (χ3n) is 7.65. The zero-order valence-corrected chi connectivity index (χ0v) is 21.8. The number of aromatic hydroxyl groups is 1. The summed E-state index contributed by atoms with van der Waals surface area (Å²) in [7, 11) is 0. The maximum atomic E-state index is 12.8. The second-order valence-electron chi connectivity index (χ2n) is 11.1. The first-order chi connectivity index (χ1) is 17.2. The average Bonchev–Trinajstić information content (AvgIpc) is 2.89. The molecule has 0 radical (unpaired) electrons. The average molecular weight is 486 g/mol. The van der Waals surface area contributed by atoms with Crippen LogP contribution in [-0.4, -0.2) is 40.5 Å². The molecule has 0 aromatic heterocycles. The number of aliphatic hydroxyl groups is 1. The topological polar surface area (TPSA) is 60.8 Å². The molecule has 1 saturated heterocycles. The number of phenols is 1. The van der Waals surface area contributed by atoms with Gasteiger partial charge in [0.15, 0.2) is 5.78 Å². The van der Waals surface area contributed by atoms with Gasteiger partial charge in [0.25, 0.3) is 0 Å². The van der Waals surface area contributed by atoms with Gasteiger partial charge in [-0.15, -0.1) is 0 Å². The molecule has 1 aliphatic rings. The van der Waals surface area contributed by atoms with Crippen LogP contribution in [0.25, 0.3) is 0 Å². The Morgan fingerprint density at radius 3 is 1.92 bits per heavy atom. The number of Topliss-reactive ketones (excluding diaryl/α,β-unsaturated/α-hetero) is 1. The number of rotatable bonds is 8. The number of carbonyl (C=O) groups is 1. The summed E-state index contributed by atoms with van der Waals surface area (Å²) in [6, 6.07) is 25.4. The summed E-state index contributed by atoms with van der Waals surface area (Å²) in [4.78, 5) is 15.1. The molecule has 0 spiro atoms. The number of hydrogen-bond donors (Lipinski definition) is 2. The molecule has 1 fully saturated rings. The minimum absolute atomic E-state index is 0.00891. The lowest BCUT2D eigenvalue weighted by molar-refractivity contribution is -0.0142. The van der Waals surface area contributed by atoms with Crippen molar-refractivity contribution in [2.24, 2.45) is 5.92 Å². The molecule has 0 amide bonds. The molecule has 36 heavy (non-hydrogen) atoms. The van der Waals surface area contributed by atoms with Crippen molar-refractivity contribution in [1.82, 2.24) is 4.90 Å². The van der Waals surface area contributed by atoms with Crippen molar-refractivity contribution in [1.29, 1.82) is 0 Å². The van der Waals surface area contributed by atoms with E-state index in [-0.39, 0.29) is 22.9 Å². The van der Waals surface area contributed by atoms with Crippen molar-refractivity contribution >= 4 is 5.78 Å². The third kappa shape index (κ3) is 5.71. The Bertz CT molecular complexity index is 1100. The highest BCUT2D eigenvalue weighted by Crippen LogP contribution is 2.42. The lowest BCUT2D eigenvalue weighted by atomic mass is 9.72. The molecule has 4 nitrogen and oxygen atoms in total. The number of benzene rings is 3. The van der Waals surface area contributed by atoms with Crippen molar-refractivity contribution < 1.29 is 15.0 Å². The van der Waals surface area contributed by atoms with Crippen LogP contribution in [0.2, 0.25) is 0 Å². The highest BCUT2D eigenvalue weighted by Gasteiger charge is 2.41. The largest absolute Gasteiger partial charge is 0.507 e. The quantitative estimate of drug-likeness (QED) is 0.368. The molecule has 190 valence electrons. The van der Waals surface area contributed by atoms with Gasteiger partial charge in [-0.25, -0.2) is 0 Å². The fourth-order valence-electron chi connectivity index (χ4n) is 5.43. The molecule has 4 heteroatoms. The molecular weight excluding hydrogens is 446 g/mol. The smallest absolute Gasteiger partial charge is 0.166 e. The van der Waals surface area contributed by atoms with Crippen LogP contribution in [0, 0.1) is 5.92 Å². The highest BCUT2D eigenvalue weighted by atomic mass is 16.3. The Morgan fingerprint density at radius 1 is 0.861 bits per heavy atom. The van der Waals surface area contributed by atoms with Gasteiger partial charge >= 0.3 is 0 Å². The Hall–Kier alpha value is -2.95. The van der Waals surface area contributed by atoms with Crippen LogP contribution in [0.1, 0.15) is 73.5 Å². The van der Waals surface area contributed by atoms with Crippen molar-refractivity contribution in [3.63, 3.8) is 0 Å². The van der Waals surface area contributed by atoms with Crippen LogP contribution in [0.5, 0.6) is 5.75 Å². The van der Waals surface area contributed by atoms with E-state index in [1.54, 1.807) is 12.1 Å². The molecular formula is C32H39NO3. The van der Waals surface area contributed by atoms with Gasteiger partial charge in [-0.2, -0.15) is 0 Å². The second-order valence-corrected chi connectivity index (χ2v) is 11.1. The van der Waals surface area contributed by atoms with Crippen molar-refractivity contribution in [2.45, 2.75) is 57.5 Å². The number of ketones is 1. The van der Waals surface area contributed by atoms with Crippen LogP contribution in [0.15, 0.2) is 78.9 Å². The maximum absolute atomic E-state index is 12.8. The van der Waals surface area contributed by atoms with Crippen LogP contribution < -0.4 is 0 Å². The summed E-state index contributed by atoms with van der Waals surface area (Å²) >= 11 is 0. The number of piperidine rings is 1. The van der Waals surface area contributed by atoms with E-state index in [4.69, 9.17) is 0 Å². The van der Waals surface area contributed by atoms with E-state index in [1.165, 1.54) is 0 Å². The van der Waals surface area contributed by atoms with Crippen LogP contribution in [0.3, 0.4) is 0 Å². The Labute approximate surface area is 215 Å². The van der Waals surface area contributed by atoms with Crippen molar-refractivity contribution in [3.05, 3.63) is 101 Å². The van der Waals surface area contributed by atoms with Gasteiger partial charge in [0.05, 0.1) is 5.56 Å². The zero-order valence-electron chi connectivity index (χ0n) is 21.8. The Balaban J connectivity index is 1.34. The van der Waals surface area contributed by atoms with E-state index in [2.05, 4.69) is 25.7 Å². The molecule has 3 aromatic rings. The SMILES string of the molecule is CC(C)(C)c1ccc(C(=O)CCCN2CCC(C(O)(c3ccccc3)c3ccccc3)CC2)c(O)c1. The monoisotopic (exact) mass is 485 g/mol. The van der Waals surface area contributed by atoms with Gasteiger partial charge in [0.1, 0.15) is 11.4 Å². The van der Waals surface area contributed by atoms with Gasteiger partial charge < -0.3 is 15.1 Å². The van der Waals surface area contributed by atoms with Gasteiger partial charge in [0.2, 0.25) is 0 Å². The van der Waals surface area contributed by atoms with E-state index >= 15 is 0 Å². The predicted molar refractivity (Wildman–Crippen MR) is 145 cm³/mol. The highest BCUT2D eigenvalue weighted by molar-refractivity contribution is 5.98. The van der Waals surface area contributed by atoms with Crippen LogP contribution in [0.4, 0.5) is 0 Å². The van der Waals surface area contributed by atoms with E-state index in [0.29, 0.717) is 12.0 Å². The fourth-order valence-corrected chi connectivity index (χ4v) is 5.43. The molecule has 2 N–H and O–H groups in total. The lowest BCUT2D eigenvalue weighted by Gasteiger charge is -2.42. The molecule has 1 aliphatic heterocycles. The summed E-state index contributed by atoms with van der Waals surface area (Å²) < 4.78 is 0. The summed E-state index contributed by atoms with van der Waals surface area (Å²) in [5, 5.41) is 22.5. The number of phenolic OH excluding ortho intramolecular Hbond substituents is 1. The summed E-state index contributed by atoms with van der Waals surface area (Å²) in [5.74, 6) is 0.193. The third-order valence-corrected chi connectivity index (χ3v) is 7.65. The first kappa shape index (κ1) is 26.1. The van der Waals surface area contributed by atoms with Gasteiger partial charge in [-0.05, 0) is 79.1 Å². The number of carbonyl (C=O) groups excluding carboxylic acids is 1. The number of nitrogens with zero attached hydrogens (tertiary/aromatic N) is 1. The summed E-state index contributed by atoms with van der Waals surface area (Å²) in [6.07, 6.45) is 2.96. The minimum Gasteiger partial charge on any atom is -0.507 e. The van der Waals surface area contributed by atoms with Crippen LogP contribution >= 0.6 is 0 Å². The normalized spacial score (nSPS) is 15.7. The Kier molecular flexibility index (Phi) is 7.97. The van der Waals surface area contributed by atoms with E-state index in [9.17, 15) is 15.0 Å². The molecule has 0 atom stereocenters. The van der Waals surface area contributed by atoms with Gasteiger partial charge in [-0.1, -0.05) is 87.5 Å². The van der Waals surface area contributed by atoms with Crippen LogP contribution in [-0.2, 0) is 11.0 Å². The molecule has 3 aromatic carbocycles. The first-order valence-corrected chi connectivity index (χ1v) is 13.1. The maximum Gasteiger partial charge on any atom is 0.166 e. The number of likely N-dealkylation sites (tertiary alicyclic amines) is 1. The van der Waals surface area contributed by atoms with E-state index in [1.807, 2.05) is 66.7 Å². The second kappa shape index (κ2) is 11.0. The summed E-state index contributed by atoms with van der Waals surface area (Å²) in [6.45, 7) is 8.90. The molecule has 0 saturated carbocycles. The van der Waals surface area contributed by atoms with Gasteiger partial charge in [0, 0.05) is 6.42 Å². The molecule has 4 rings (SSSR count). The molecule has 0 unspecified atom stereocenters. The standard InChI is InChI=1S/C32H39NO3/c1-31(2,3)27-16-17-28(30(35)23-27)29(34)15-10-20-33-21-18-26(19-22-33)32(36,24-11-6-4-7-12-24)25-13-8-5-9-14-25/h4-9,11-14,16-17,23,26,35-36H,10,15,18-22H2,1-3H3.